The van der Waals surface area contributed by atoms with Crippen LogP contribution in [0.4, 0.5) is 5.69 Å². The van der Waals surface area contributed by atoms with E-state index in [4.69, 9.17) is 5.73 Å². The molecule has 5 nitrogen and oxygen atoms in total. The highest BCUT2D eigenvalue weighted by molar-refractivity contribution is 5.81. The van der Waals surface area contributed by atoms with Crippen molar-refractivity contribution in [2.75, 3.05) is 46.2 Å². The Balaban J connectivity index is 2.73. The number of hydrogen-bond acceptors (Lipinski definition) is 4. The van der Waals surface area contributed by atoms with Gasteiger partial charge in [0.25, 0.3) is 0 Å². The molecule has 106 valence electrons. The summed E-state index contributed by atoms with van der Waals surface area (Å²) in [5, 5.41) is 3.19. The second-order valence-corrected chi connectivity index (χ2v) is 5.08. The maximum atomic E-state index is 11.5. The Labute approximate surface area is 115 Å². The lowest BCUT2D eigenvalue weighted by molar-refractivity contribution is -0.120. The van der Waals surface area contributed by atoms with Crippen LogP contribution in [0.15, 0.2) is 24.3 Å². The fraction of sp³-hybridized carbons (Fsp3) is 0.500. The van der Waals surface area contributed by atoms with Crippen LogP contribution in [-0.2, 0) is 4.79 Å². The zero-order valence-electron chi connectivity index (χ0n) is 12.2. The van der Waals surface area contributed by atoms with Crippen molar-refractivity contribution in [2.24, 2.45) is 5.73 Å². The summed E-state index contributed by atoms with van der Waals surface area (Å²) in [6.07, 6.45) is 0. The van der Waals surface area contributed by atoms with Crippen LogP contribution in [0.5, 0.6) is 0 Å². The van der Waals surface area contributed by atoms with E-state index in [-0.39, 0.29) is 5.91 Å². The van der Waals surface area contributed by atoms with E-state index in [0.29, 0.717) is 0 Å². The normalized spacial score (nSPS) is 12.5. The van der Waals surface area contributed by atoms with Crippen molar-refractivity contribution in [3.63, 3.8) is 0 Å². The van der Waals surface area contributed by atoms with Crippen LogP contribution in [0, 0.1) is 0 Å². The minimum atomic E-state index is -0.434. The highest BCUT2D eigenvalue weighted by Crippen LogP contribution is 2.17. The standard InChI is InChI=1S/C14H24N4O/c1-17(2)10-9-16-13(14(15)19)11-5-7-12(8-6-11)18(3)4/h5-8,13,16H,9-10H2,1-4H3,(H2,15,19). The summed E-state index contributed by atoms with van der Waals surface area (Å²) in [6, 6.07) is 7.41. The van der Waals surface area contributed by atoms with Crippen LogP contribution in [0.3, 0.4) is 0 Å². The van der Waals surface area contributed by atoms with Crippen molar-refractivity contribution in [1.82, 2.24) is 10.2 Å². The molecular formula is C14H24N4O. The van der Waals surface area contributed by atoms with Crippen molar-refractivity contribution in [3.8, 4) is 0 Å². The molecule has 1 aromatic carbocycles. The lowest BCUT2D eigenvalue weighted by Crippen LogP contribution is -2.37. The van der Waals surface area contributed by atoms with Gasteiger partial charge >= 0.3 is 0 Å². The van der Waals surface area contributed by atoms with Gasteiger partial charge in [-0.1, -0.05) is 12.1 Å². The molecule has 0 aliphatic carbocycles. The molecule has 0 bridgehead atoms. The van der Waals surface area contributed by atoms with E-state index in [2.05, 4.69) is 10.2 Å². The van der Waals surface area contributed by atoms with Crippen molar-refractivity contribution >= 4 is 11.6 Å². The molecule has 1 aromatic rings. The number of primary amides is 1. The van der Waals surface area contributed by atoms with Gasteiger partial charge in [0, 0.05) is 32.9 Å². The average Bonchev–Trinajstić information content (AvgIpc) is 2.34. The summed E-state index contributed by atoms with van der Waals surface area (Å²) in [5.41, 5.74) is 7.46. The third-order valence-electron chi connectivity index (χ3n) is 2.93. The average molecular weight is 264 g/mol. The maximum absolute atomic E-state index is 11.5. The third-order valence-corrected chi connectivity index (χ3v) is 2.93. The number of benzene rings is 1. The van der Waals surface area contributed by atoms with Gasteiger partial charge in [-0.25, -0.2) is 0 Å². The molecular weight excluding hydrogens is 240 g/mol. The molecule has 0 spiro atoms. The second kappa shape index (κ2) is 7.11. The molecule has 1 rings (SSSR count). The topological polar surface area (TPSA) is 61.6 Å². The lowest BCUT2D eigenvalue weighted by atomic mass is 10.1. The van der Waals surface area contributed by atoms with Gasteiger partial charge in [0.15, 0.2) is 0 Å². The molecule has 19 heavy (non-hydrogen) atoms. The zero-order chi connectivity index (χ0) is 14.4. The number of nitrogens with two attached hydrogens (primary N) is 1. The Morgan fingerprint density at radius 3 is 2.21 bits per heavy atom. The predicted molar refractivity (Wildman–Crippen MR) is 79.3 cm³/mol. The first-order chi connectivity index (χ1) is 8.91. The molecule has 0 saturated heterocycles. The molecule has 0 radical (unpaired) electrons. The first-order valence-electron chi connectivity index (χ1n) is 6.36. The van der Waals surface area contributed by atoms with Gasteiger partial charge in [0.1, 0.15) is 6.04 Å². The number of nitrogens with one attached hydrogen (secondary N) is 1. The molecule has 1 amide bonds. The predicted octanol–water partition coefficient (Wildman–Crippen LogP) is 0.430. The van der Waals surface area contributed by atoms with E-state index < -0.39 is 6.04 Å². The quantitative estimate of drug-likeness (QED) is 0.750. The first kappa shape index (κ1) is 15.5. The minimum absolute atomic E-state index is 0.351. The van der Waals surface area contributed by atoms with Gasteiger partial charge in [0.2, 0.25) is 5.91 Å². The molecule has 0 aromatic heterocycles. The highest BCUT2D eigenvalue weighted by Gasteiger charge is 2.16. The molecule has 0 saturated carbocycles. The van der Waals surface area contributed by atoms with Crippen molar-refractivity contribution in [1.29, 1.82) is 0 Å². The minimum Gasteiger partial charge on any atom is -0.378 e. The van der Waals surface area contributed by atoms with Crippen molar-refractivity contribution in [2.45, 2.75) is 6.04 Å². The summed E-state index contributed by atoms with van der Waals surface area (Å²) in [7, 11) is 7.95. The second-order valence-electron chi connectivity index (χ2n) is 5.08. The lowest BCUT2D eigenvalue weighted by Gasteiger charge is -2.19. The van der Waals surface area contributed by atoms with E-state index in [9.17, 15) is 4.79 Å². The number of anilines is 1. The van der Waals surface area contributed by atoms with Crippen LogP contribution >= 0.6 is 0 Å². The number of carbonyl (C=O) groups is 1. The van der Waals surface area contributed by atoms with Gasteiger partial charge in [-0.15, -0.1) is 0 Å². The smallest absolute Gasteiger partial charge is 0.239 e. The number of nitrogens with zero attached hydrogens (tertiary/aromatic N) is 2. The van der Waals surface area contributed by atoms with Crippen LogP contribution in [0.1, 0.15) is 11.6 Å². The number of carbonyl (C=O) groups excluding carboxylic acids is 1. The summed E-state index contributed by atoms with van der Waals surface area (Å²) in [5.74, 6) is -0.351. The van der Waals surface area contributed by atoms with Crippen molar-refractivity contribution in [3.05, 3.63) is 29.8 Å². The van der Waals surface area contributed by atoms with E-state index in [1.54, 1.807) is 0 Å². The maximum Gasteiger partial charge on any atom is 0.239 e. The van der Waals surface area contributed by atoms with Crippen LogP contribution in [-0.4, -0.2) is 52.1 Å². The first-order valence-corrected chi connectivity index (χ1v) is 6.36. The van der Waals surface area contributed by atoms with Crippen LogP contribution < -0.4 is 16.0 Å². The number of rotatable bonds is 7. The molecule has 3 N–H and O–H groups in total. The monoisotopic (exact) mass is 264 g/mol. The molecule has 0 heterocycles. The van der Waals surface area contributed by atoms with E-state index in [1.807, 2.05) is 57.4 Å². The zero-order valence-corrected chi connectivity index (χ0v) is 12.2. The van der Waals surface area contributed by atoms with Crippen molar-refractivity contribution < 1.29 is 4.79 Å². The van der Waals surface area contributed by atoms with E-state index >= 15 is 0 Å². The Bertz CT molecular complexity index is 400. The highest BCUT2D eigenvalue weighted by atomic mass is 16.1. The van der Waals surface area contributed by atoms with Gasteiger partial charge in [-0.3, -0.25) is 4.79 Å². The summed E-state index contributed by atoms with van der Waals surface area (Å²) < 4.78 is 0. The number of amides is 1. The van der Waals surface area contributed by atoms with E-state index in [1.165, 1.54) is 0 Å². The Hall–Kier alpha value is -1.59. The summed E-state index contributed by atoms with van der Waals surface area (Å²) in [4.78, 5) is 15.6. The summed E-state index contributed by atoms with van der Waals surface area (Å²) in [6.45, 7) is 1.58. The van der Waals surface area contributed by atoms with Gasteiger partial charge in [0.05, 0.1) is 0 Å². The Morgan fingerprint density at radius 1 is 1.21 bits per heavy atom. The summed E-state index contributed by atoms with van der Waals surface area (Å²) >= 11 is 0. The molecule has 0 fully saturated rings. The Morgan fingerprint density at radius 2 is 1.79 bits per heavy atom. The van der Waals surface area contributed by atoms with Crippen LogP contribution in [0.2, 0.25) is 0 Å². The van der Waals surface area contributed by atoms with Gasteiger partial charge < -0.3 is 20.9 Å². The fourth-order valence-electron chi connectivity index (χ4n) is 1.78. The van der Waals surface area contributed by atoms with Gasteiger partial charge in [-0.2, -0.15) is 0 Å². The van der Waals surface area contributed by atoms with Gasteiger partial charge in [-0.05, 0) is 31.8 Å². The number of hydrogen-bond donors (Lipinski definition) is 2. The molecule has 1 atom stereocenters. The molecule has 5 heteroatoms. The molecule has 1 unspecified atom stereocenters. The fourth-order valence-corrected chi connectivity index (χ4v) is 1.78. The van der Waals surface area contributed by atoms with E-state index in [0.717, 1.165) is 24.3 Å². The SMILES string of the molecule is CN(C)CCNC(C(N)=O)c1ccc(N(C)C)cc1. The largest absolute Gasteiger partial charge is 0.378 e. The molecule has 0 aliphatic heterocycles. The third kappa shape index (κ3) is 4.89. The Kier molecular flexibility index (Phi) is 5.79. The van der Waals surface area contributed by atoms with Crippen LogP contribution in [0.25, 0.3) is 0 Å². The molecule has 0 aliphatic rings. The number of likely N-dealkylation sites (N-methyl/N-ethyl adjacent to an activating group) is 1.